The van der Waals surface area contributed by atoms with Gasteiger partial charge in [-0.2, -0.15) is 4.31 Å². The molecule has 0 radical (unpaired) electrons. The number of rotatable bonds is 6. The molecule has 0 aliphatic carbocycles. The fraction of sp³-hybridized carbons (Fsp3) is 0.591. The Morgan fingerprint density at radius 3 is 2.21 bits per heavy atom. The van der Waals surface area contributed by atoms with Crippen molar-refractivity contribution in [2.45, 2.75) is 59.4 Å². The summed E-state index contributed by atoms with van der Waals surface area (Å²) in [4.78, 5) is 12.7. The number of carbonyl (C=O) groups is 1. The number of hydrogen-bond donors (Lipinski definition) is 1. The summed E-state index contributed by atoms with van der Waals surface area (Å²) in [6, 6.07) is 9.36. The number of nitrogens with zero attached hydrogens (tertiary/aromatic N) is 1. The van der Waals surface area contributed by atoms with Crippen LogP contribution in [0.4, 0.5) is 0 Å². The first-order valence-electron chi connectivity index (χ1n) is 9.93. The molecule has 0 spiro atoms. The van der Waals surface area contributed by atoms with Crippen molar-refractivity contribution >= 4 is 22.0 Å². The van der Waals surface area contributed by atoms with E-state index in [0.717, 1.165) is 12.0 Å². The van der Waals surface area contributed by atoms with Crippen LogP contribution in [0, 0.1) is 11.3 Å². The zero-order valence-corrected chi connectivity index (χ0v) is 18.6. The van der Waals surface area contributed by atoms with Crippen LogP contribution in [0.15, 0.2) is 35.7 Å². The molecule has 1 aliphatic rings. The second kappa shape index (κ2) is 8.78. The van der Waals surface area contributed by atoms with Crippen LogP contribution in [0.3, 0.4) is 0 Å². The van der Waals surface area contributed by atoms with Gasteiger partial charge in [-0.25, -0.2) is 8.42 Å². The normalized spacial score (nSPS) is 17.8. The fourth-order valence-corrected chi connectivity index (χ4v) is 5.21. The van der Waals surface area contributed by atoms with E-state index in [1.807, 2.05) is 44.2 Å². The molecule has 5 nitrogen and oxygen atoms in total. The van der Waals surface area contributed by atoms with E-state index in [-0.39, 0.29) is 22.8 Å². The van der Waals surface area contributed by atoms with E-state index in [4.69, 9.17) is 0 Å². The quantitative estimate of drug-likeness (QED) is 0.776. The minimum absolute atomic E-state index is 0.0334. The molecular weight excluding hydrogens is 372 g/mol. The molecule has 1 aliphatic heterocycles. The largest absolute Gasteiger partial charge is 0.351 e. The molecule has 0 bridgehead atoms. The molecule has 1 aromatic carbocycles. The summed E-state index contributed by atoms with van der Waals surface area (Å²) in [6.45, 7) is 11.3. The van der Waals surface area contributed by atoms with Gasteiger partial charge in [-0.3, -0.25) is 4.79 Å². The summed E-state index contributed by atoms with van der Waals surface area (Å²) in [5, 5.41) is 4.42. The predicted octanol–water partition coefficient (Wildman–Crippen LogP) is 4.03. The second-order valence-electron chi connectivity index (χ2n) is 9.54. The number of sulfonamides is 1. The number of benzene rings is 1. The van der Waals surface area contributed by atoms with Crippen molar-refractivity contribution in [3.8, 4) is 0 Å². The van der Waals surface area contributed by atoms with Crippen LogP contribution in [0.5, 0.6) is 0 Å². The molecule has 1 N–H and O–H groups in total. The molecule has 1 heterocycles. The molecule has 0 aromatic heterocycles. The van der Waals surface area contributed by atoms with Crippen molar-refractivity contribution in [3.05, 3.63) is 41.3 Å². The molecule has 28 heavy (non-hydrogen) atoms. The first kappa shape index (κ1) is 22.6. The third kappa shape index (κ3) is 7.06. The van der Waals surface area contributed by atoms with Crippen molar-refractivity contribution in [1.82, 2.24) is 9.62 Å². The number of hydrogen-bond acceptors (Lipinski definition) is 3. The molecule has 156 valence electrons. The Labute approximate surface area is 170 Å². The minimum Gasteiger partial charge on any atom is -0.351 e. The van der Waals surface area contributed by atoms with Crippen LogP contribution < -0.4 is 5.32 Å². The molecular formula is C22H34N2O3S. The number of piperidine rings is 1. The SMILES string of the molecule is CC(C)(C)CC(C)(C)NC(=O)C1CCN(S(=O)(=O)/C=C/c2ccccc2)CC1. The van der Waals surface area contributed by atoms with Crippen molar-refractivity contribution in [2.24, 2.45) is 11.3 Å². The maximum atomic E-state index is 12.7. The molecule has 1 fully saturated rings. The highest BCUT2D eigenvalue weighted by atomic mass is 32.2. The lowest BCUT2D eigenvalue weighted by atomic mass is 9.81. The molecule has 1 aromatic rings. The van der Waals surface area contributed by atoms with Crippen LogP contribution in [-0.4, -0.2) is 37.3 Å². The number of amides is 1. The highest BCUT2D eigenvalue weighted by Crippen LogP contribution is 2.28. The number of carbonyl (C=O) groups excluding carboxylic acids is 1. The van der Waals surface area contributed by atoms with Gasteiger partial charge in [0.15, 0.2) is 0 Å². The summed E-state index contributed by atoms with van der Waals surface area (Å²) in [6.07, 6.45) is 3.60. The molecule has 0 saturated carbocycles. The minimum atomic E-state index is -3.47. The summed E-state index contributed by atoms with van der Waals surface area (Å²) < 4.78 is 26.6. The summed E-state index contributed by atoms with van der Waals surface area (Å²) in [5.74, 6) is -0.102. The zero-order chi connectivity index (χ0) is 21.0. The monoisotopic (exact) mass is 406 g/mol. The van der Waals surface area contributed by atoms with E-state index in [9.17, 15) is 13.2 Å². The Morgan fingerprint density at radius 2 is 1.68 bits per heavy atom. The first-order chi connectivity index (χ1) is 12.9. The lowest BCUT2D eigenvalue weighted by Crippen LogP contribution is -2.50. The van der Waals surface area contributed by atoms with Crippen molar-refractivity contribution in [3.63, 3.8) is 0 Å². The van der Waals surface area contributed by atoms with Crippen molar-refractivity contribution < 1.29 is 13.2 Å². The maximum absolute atomic E-state index is 12.7. The predicted molar refractivity (Wildman–Crippen MR) is 115 cm³/mol. The lowest BCUT2D eigenvalue weighted by Gasteiger charge is -2.36. The molecule has 1 amide bonds. The molecule has 1 saturated heterocycles. The van der Waals surface area contributed by atoms with Crippen LogP contribution in [0.25, 0.3) is 6.08 Å². The first-order valence-corrected chi connectivity index (χ1v) is 11.4. The summed E-state index contributed by atoms with van der Waals surface area (Å²) in [5.41, 5.74) is 0.692. The van der Waals surface area contributed by atoms with E-state index in [1.165, 1.54) is 9.71 Å². The topological polar surface area (TPSA) is 66.5 Å². The third-order valence-corrected chi connectivity index (χ3v) is 6.42. The molecule has 2 rings (SSSR count). The summed E-state index contributed by atoms with van der Waals surface area (Å²) >= 11 is 0. The van der Waals surface area contributed by atoms with Gasteiger partial charge in [-0.1, -0.05) is 51.1 Å². The Kier molecular flexibility index (Phi) is 7.10. The maximum Gasteiger partial charge on any atom is 0.236 e. The Hall–Kier alpha value is -1.66. The van der Waals surface area contributed by atoms with Gasteiger partial charge in [0.25, 0.3) is 0 Å². The Balaban J connectivity index is 1.91. The van der Waals surface area contributed by atoms with E-state index >= 15 is 0 Å². The highest BCUT2D eigenvalue weighted by Gasteiger charge is 2.33. The second-order valence-corrected chi connectivity index (χ2v) is 11.4. The van der Waals surface area contributed by atoms with Gasteiger partial charge in [-0.15, -0.1) is 0 Å². The van der Waals surface area contributed by atoms with Crippen LogP contribution in [0.2, 0.25) is 0 Å². The summed E-state index contributed by atoms with van der Waals surface area (Å²) in [7, 11) is -3.47. The van der Waals surface area contributed by atoms with E-state index in [0.29, 0.717) is 25.9 Å². The lowest BCUT2D eigenvalue weighted by molar-refractivity contribution is -0.128. The van der Waals surface area contributed by atoms with Crippen molar-refractivity contribution in [1.29, 1.82) is 0 Å². The molecule has 0 unspecified atom stereocenters. The molecule has 6 heteroatoms. The third-order valence-electron chi connectivity index (χ3n) is 4.85. The average Bonchev–Trinajstić information content (AvgIpc) is 2.58. The van der Waals surface area contributed by atoms with E-state index < -0.39 is 10.0 Å². The van der Waals surface area contributed by atoms with Gasteiger partial charge < -0.3 is 5.32 Å². The van der Waals surface area contributed by atoms with Gasteiger partial charge in [0.2, 0.25) is 15.9 Å². The van der Waals surface area contributed by atoms with E-state index in [1.54, 1.807) is 6.08 Å². The fourth-order valence-electron chi connectivity index (χ4n) is 3.99. The van der Waals surface area contributed by atoms with Crippen LogP contribution in [0.1, 0.15) is 59.4 Å². The van der Waals surface area contributed by atoms with Gasteiger partial charge in [0.05, 0.1) is 0 Å². The zero-order valence-electron chi connectivity index (χ0n) is 17.7. The van der Waals surface area contributed by atoms with Crippen LogP contribution in [-0.2, 0) is 14.8 Å². The van der Waals surface area contributed by atoms with Crippen molar-refractivity contribution in [2.75, 3.05) is 13.1 Å². The van der Waals surface area contributed by atoms with Gasteiger partial charge in [-0.05, 0) is 50.2 Å². The van der Waals surface area contributed by atoms with E-state index in [2.05, 4.69) is 26.1 Å². The van der Waals surface area contributed by atoms with Gasteiger partial charge >= 0.3 is 0 Å². The van der Waals surface area contributed by atoms with Gasteiger partial charge in [0, 0.05) is 30.0 Å². The Morgan fingerprint density at radius 1 is 1.11 bits per heavy atom. The standard InChI is InChI=1S/C22H34N2O3S/c1-21(2,3)17-22(4,5)23-20(25)19-11-14-24(15-12-19)28(26,27)16-13-18-9-7-6-8-10-18/h6-10,13,16,19H,11-12,14-15,17H2,1-5H3,(H,23,25)/b16-13+. The van der Waals surface area contributed by atoms with Crippen LogP contribution >= 0.6 is 0 Å². The average molecular weight is 407 g/mol. The molecule has 0 atom stereocenters. The number of nitrogens with one attached hydrogen (secondary N) is 1. The highest BCUT2D eigenvalue weighted by molar-refractivity contribution is 7.92. The smallest absolute Gasteiger partial charge is 0.236 e. The van der Waals surface area contributed by atoms with Gasteiger partial charge in [0.1, 0.15) is 0 Å². The Bertz CT molecular complexity index is 785.